The number of benzene rings is 2. The third-order valence-electron chi connectivity index (χ3n) is 3.49. The van der Waals surface area contributed by atoms with Gasteiger partial charge in [0.15, 0.2) is 0 Å². The standard InChI is InChI=1S/C16H15N2O2S/c1-12-14-9-5-6-10-15(14)17-16(18(12)19)11-21(20)13-7-3-2-4-8-13/h2-10,16H,11H2,1H3/q-1. The molecule has 1 aliphatic heterocycles. The first-order valence-corrected chi connectivity index (χ1v) is 8.02. The van der Waals surface area contributed by atoms with E-state index in [1.54, 1.807) is 19.1 Å². The summed E-state index contributed by atoms with van der Waals surface area (Å²) in [7, 11) is -1.24. The summed E-state index contributed by atoms with van der Waals surface area (Å²) in [6.45, 7) is 1.78. The fourth-order valence-electron chi connectivity index (χ4n) is 2.36. The summed E-state index contributed by atoms with van der Waals surface area (Å²) in [4.78, 5) is 5.16. The lowest BCUT2D eigenvalue weighted by Crippen LogP contribution is -2.44. The predicted octanol–water partition coefficient (Wildman–Crippen LogP) is 1.38. The molecule has 21 heavy (non-hydrogen) atoms. The molecule has 0 radical (unpaired) electrons. The summed E-state index contributed by atoms with van der Waals surface area (Å²) in [5, 5.41) is 14.8. The van der Waals surface area contributed by atoms with E-state index in [0.29, 0.717) is 5.70 Å². The summed E-state index contributed by atoms with van der Waals surface area (Å²) in [6.07, 6.45) is -0.638. The lowest BCUT2D eigenvalue weighted by Gasteiger charge is -2.39. The molecule has 0 saturated heterocycles. The second kappa shape index (κ2) is 5.79. The molecule has 5 heteroatoms. The molecular weight excluding hydrogens is 284 g/mol. The van der Waals surface area contributed by atoms with E-state index < -0.39 is 17.0 Å². The van der Waals surface area contributed by atoms with Gasteiger partial charge in [-0.2, -0.15) is 0 Å². The minimum atomic E-state index is -1.24. The topological polar surface area (TPSA) is 55.7 Å². The molecule has 0 spiro atoms. The molecule has 2 aromatic rings. The van der Waals surface area contributed by atoms with Crippen molar-refractivity contribution in [1.29, 1.82) is 0 Å². The SMILES string of the molecule is CC1=c2ccccc2=NC(CS(=O)c2ccccc2)N1[O-]. The number of hydroxylamine groups is 2. The van der Waals surface area contributed by atoms with Gasteiger partial charge in [-0.15, -0.1) is 0 Å². The number of rotatable bonds is 3. The van der Waals surface area contributed by atoms with Crippen LogP contribution < -0.4 is 10.6 Å². The Morgan fingerprint density at radius 3 is 2.57 bits per heavy atom. The fourth-order valence-corrected chi connectivity index (χ4v) is 3.49. The molecule has 2 aromatic carbocycles. The molecule has 0 aliphatic carbocycles. The van der Waals surface area contributed by atoms with E-state index in [4.69, 9.17) is 0 Å². The molecule has 2 atom stereocenters. The molecule has 0 N–H and O–H groups in total. The van der Waals surface area contributed by atoms with Crippen molar-refractivity contribution in [3.63, 3.8) is 0 Å². The molecular formula is C16H15N2O2S-. The van der Waals surface area contributed by atoms with Crippen LogP contribution in [0.1, 0.15) is 6.92 Å². The van der Waals surface area contributed by atoms with Crippen LogP contribution in [-0.2, 0) is 10.8 Å². The zero-order chi connectivity index (χ0) is 14.8. The second-order valence-corrected chi connectivity index (χ2v) is 6.36. The average Bonchev–Trinajstić information content (AvgIpc) is 2.53. The molecule has 0 bridgehead atoms. The lowest BCUT2D eigenvalue weighted by molar-refractivity contribution is 0.405. The first-order chi connectivity index (χ1) is 10.2. The normalized spacial score (nSPS) is 18.9. The molecule has 108 valence electrons. The molecule has 0 saturated carbocycles. The molecule has 4 nitrogen and oxygen atoms in total. The van der Waals surface area contributed by atoms with E-state index in [9.17, 15) is 9.42 Å². The van der Waals surface area contributed by atoms with Crippen molar-refractivity contribution in [3.05, 3.63) is 70.4 Å². The molecule has 0 amide bonds. The van der Waals surface area contributed by atoms with Crippen molar-refractivity contribution in [2.75, 3.05) is 5.75 Å². The van der Waals surface area contributed by atoms with E-state index in [-0.39, 0.29) is 5.75 Å². The number of hydrogen-bond donors (Lipinski definition) is 0. The molecule has 1 heterocycles. The first-order valence-electron chi connectivity index (χ1n) is 6.70. The Morgan fingerprint density at radius 2 is 1.81 bits per heavy atom. The van der Waals surface area contributed by atoms with Crippen molar-refractivity contribution in [2.45, 2.75) is 18.0 Å². The maximum Gasteiger partial charge on any atom is 0.123 e. The maximum atomic E-state index is 12.4. The second-order valence-electron chi connectivity index (χ2n) is 4.86. The highest BCUT2D eigenvalue weighted by atomic mass is 32.2. The van der Waals surface area contributed by atoms with Gasteiger partial charge in [0.05, 0.1) is 21.9 Å². The Morgan fingerprint density at radius 1 is 1.14 bits per heavy atom. The zero-order valence-corrected chi connectivity index (χ0v) is 12.4. The van der Waals surface area contributed by atoms with Crippen molar-refractivity contribution in [1.82, 2.24) is 5.06 Å². The van der Waals surface area contributed by atoms with Gasteiger partial charge in [0.1, 0.15) is 6.17 Å². The number of nitrogens with zero attached hydrogens (tertiary/aromatic N) is 2. The highest BCUT2D eigenvalue weighted by molar-refractivity contribution is 7.85. The molecule has 0 fully saturated rings. The summed E-state index contributed by atoms with van der Waals surface area (Å²) in [5.41, 5.74) is 0.621. The Kier molecular flexibility index (Phi) is 3.86. The third kappa shape index (κ3) is 2.75. The Balaban J connectivity index is 1.92. The van der Waals surface area contributed by atoms with Gasteiger partial charge < -0.3 is 10.3 Å². The van der Waals surface area contributed by atoms with Crippen LogP contribution in [0.2, 0.25) is 0 Å². The molecule has 3 rings (SSSR count). The van der Waals surface area contributed by atoms with Gasteiger partial charge in [0.25, 0.3) is 0 Å². The molecule has 2 unspecified atom stereocenters. The lowest BCUT2D eigenvalue weighted by atomic mass is 10.2. The monoisotopic (exact) mass is 299 g/mol. The number of fused-ring (bicyclic) bond motifs is 1. The van der Waals surface area contributed by atoms with E-state index in [2.05, 4.69) is 4.99 Å². The van der Waals surface area contributed by atoms with Crippen molar-refractivity contribution >= 4 is 16.5 Å². The minimum absolute atomic E-state index is 0.194. The van der Waals surface area contributed by atoms with Gasteiger partial charge in [-0.1, -0.05) is 36.4 Å². The fraction of sp³-hybridized carbons (Fsp3) is 0.188. The largest absolute Gasteiger partial charge is 0.757 e. The summed E-state index contributed by atoms with van der Waals surface area (Å²) in [5.74, 6) is 0.194. The van der Waals surface area contributed by atoms with Gasteiger partial charge >= 0.3 is 0 Å². The van der Waals surface area contributed by atoms with Crippen LogP contribution in [-0.4, -0.2) is 21.2 Å². The quantitative estimate of drug-likeness (QED) is 0.860. The van der Waals surface area contributed by atoms with Crippen LogP contribution in [0, 0.1) is 5.21 Å². The summed E-state index contributed by atoms with van der Waals surface area (Å²) in [6, 6.07) is 16.7. The highest BCUT2D eigenvalue weighted by Gasteiger charge is 2.18. The zero-order valence-electron chi connectivity index (χ0n) is 11.6. The molecule has 1 aliphatic rings. The number of para-hydroxylation sites is 1. The van der Waals surface area contributed by atoms with Gasteiger partial charge in [-0.3, -0.25) is 9.20 Å². The van der Waals surface area contributed by atoms with Crippen molar-refractivity contribution in [3.8, 4) is 0 Å². The van der Waals surface area contributed by atoms with Crippen LogP contribution >= 0.6 is 0 Å². The Bertz CT molecular complexity index is 789. The van der Waals surface area contributed by atoms with E-state index in [1.807, 2.05) is 42.5 Å². The van der Waals surface area contributed by atoms with Crippen LogP contribution in [0.15, 0.2) is 64.5 Å². The first kappa shape index (κ1) is 14.0. The van der Waals surface area contributed by atoms with E-state index in [0.717, 1.165) is 20.5 Å². The van der Waals surface area contributed by atoms with E-state index in [1.165, 1.54) is 0 Å². The molecule has 0 aromatic heterocycles. The summed E-state index contributed by atoms with van der Waals surface area (Å²) < 4.78 is 12.4. The van der Waals surface area contributed by atoms with Gasteiger partial charge in [0, 0.05) is 15.8 Å². The predicted molar refractivity (Wildman–Crippen MR) is 83.0 cm³/mol. The van der Waals surface area contributed by atoms with Gasteiger partial charge in [-0.05, 0) is 25.1 Å². The Labute approximate surface area is 125 Å². The maximum absolute atomic E-state index is 12.4. The van der Waals surface area contributed by atoms with Crippen molar-refractivity contribution < 1.29 is 4.21 Å². The van der Waals surface area contributed by atoms with Crippen LogP contribution in [0.5, 0.6) is 0 Å². The van der Waals surface area contributed by atoms with Crippen LogP contribution in [0.3, 0.4) is 0 Å². The minimum Gasteiger partial charge on any atom is -0.757 e. The van der Waals surface area contributed by atoms with Crippen molar-refractivity contribution in [2.24, 2.45) is 4.99 Å². The number of hydrogen-bond acceptors (Lipinski definition) is 4. The Hall–Kier alpha value is -1.98. The average molecular weight is 299 g/mol. The summed E-state index contributed by atoms with van der Waals surface area (Å²) >= 11 is 0. The highest BCUT2D eigenvalue weighted by Crippen LogP contribution is 2.15. The van der Waals surface area contributed by atoms with Gasteiger partial charge in [0.2, 0.25) is 0 Å². The van der Waals surface area contributed by atoms with Gasteiger partial charge in [-0.25, -0.2) is 0 Å². The third-order valence-corrected chi connectivity index (χ3v) is 4.89. The smallest absolute Gasteiger partial charge is 0.123 e. The van der Waals surface area contributed by atoms with E-state index >= 15 is 0 Å². The van der Waals surface area contributed by atoms with Crippen LogP contribution in [0.4, 0.5) is 0 Å². The van der Waals surface area contributed by atoms with Crippen LogP contribution in [0.25, 0.3) is 5.70 Å².